The molecule has 31 heavy (non-hydrogen) atoms. The van der Waals surface area contributed by atoms with Gasteiger partial charge in [-0.25, -0.2) is 4.79 Å². The minimum Gasteiger partial charge on any atom is -0.332 e. The van der Waals surface area contributed by atoms with E-state index in [2.05, 4.69) is 16.0 Å². The molecule has 0 spiro atoms. The van der Waals surface area contributed by atoms with Crippen LogP contribution in [0.4, 0.5) is 21.9 Å². The second-order valence-electron chi connectivity index (χ2n) is 7.10. The fourth-order valence-electron chi connectivity index (χ4n) is 2.86. The van der Waals surface area contributed by atoms with Crippen LogP contribution in [-0.2, 0) is 4.79 Å². The van der Waals surface area contributed by atoms with Crippen molar-refractivity contribution in [3.63, 3.8) is 0 Å². The van der Waals surface area contributed by atoms with Crippen molar-refractivity contribution in [1.29, 1.82) is 0 Å². The fraction of sp³-hybridized carbons (Fsp3) is 0.125. The maximum absolute atomic E-state index is 12.6. The highest BCUT2D eigenvalue weighted by atomic mass is 16.2. The van der Waals surface area contributed by atoms with E-state index in [-0.39, 0.29) is 24.4 Å². The van der Waals surface area contributed by atoms with Crippen LogP contribution < -0.4 is 16.0 Å². The van der Waals surface area contributed by atoms with Gasteiger partial charge in [0.25, 0.3) is 5.91 Å². The molecule has 0 aromatic heterocycles. The molecule has 3 aromatic rings. The number of urea groups is 1. The van der Waals surface area contributed by atoms with Gasteiger partial charge in [0.2, 0.25) is 5.91 Å². The molecule has 4 amide bonds. The van der Waals surface area contributed by atoms with Crippen molar-refractivity contribution in [1.82, 2.24) is 4.90 Å². The fourth-order valence-corrected chi connectivity index (χ4v) is 2.86. The molecule has 0 heterocycles. The molecule has 7 heteroatoms. The highest BCUT2D eigenvalue weighted by Gasteiger charge is 2.15. The Morgan fingerprint density at radius 1 is 0.710 bits per heavy atom. The average Bonchev–Trinajstić information content (AvgIpc) is 2.76. The van der Waals surface area contributed by atoms with E-state index in [1.807, 2.05) is 49.4 Å². The Morgan fingerprint density at radius 3 is 1.84 bits per heavy atom. The molecule has 0 aliphatic carbocycles. The molecule has 0 atom stereocenters. The van der Waals surface area contributed by atoms with Crippen LogP contribution >= 0.6 is 0 Å². The summed E-state index contributed by atoms with van der Waals surface area (Å²) in [5, 5.41) is 8.20. The van der Waals surface area contributed by atoms with Gasteiger partial charge in [0.1, 0.15) is 0 Å². The first-order valence-electron chi connectivity index (χ1n) is 9.76. The molecule has 0 unspecified atom stereocenters. The summed E-state index contributed by atoms with van der Waals surface area (Å²) in [7, 11) is 1.57. The van der Waals surface area contributed by atoms with Gasteiger partial charge in [0, 0.05) is 29.7 Å². The Kier molecular flexibility index (Phi) is 7.01. The smallest absolute Gasteiger partial charge is 0.323 e. The van der Waals surface area contributed by atoms with Crippen molar-refractivity contribution in [2.45, 2.75) is 6.92 Å². The molecule has 3 rings (SSSR count). The van der Waals surface area contributed by atoms with E-state index < -0.39 is 0 Å². The van der Waals surface area contributed by atoms with Crippen LogP contribution in [0.25, 0.3) is 0 Å². The molecule has 3 N–H and O–H groups in total. The number of benzene rings is 3. The molecular formula is C24H24N4O3. The summed E-state index contributed by atoms with van der Waals surface area (Å²) in [5.74, 6) is -0.574. The van der Waals surface area contributed by atoms with Crippen molar-refractivity contribution in [3.05, 3.63) is 90.0 Å². The maximum Gasteiger partial charge on any atom is 0.323 e. The van der Waals surface area contributed by atoms with E-state index in [0.717, 1.165) is 5.56 Å². The third-order valence-electron chi connectivity index (χ3n) is 4.48. The third-order valence-corrected chi connectivity index (χ3v) is 4.48. The molecule has 0 bridgehead atoms. The summed E-state index contributed by atoms with van der Waals surface area (Å²) < 4.78 is 0. The normalized spacial score (nSPS) is 10.1. The van der Waals surface area contributed by atoms with Crippen LogP contribution in [0.3, 0.4) is 0 Å². The molecule has 0 aliphatic heterocycles. The van der Waals surface area contributed by atoms with Crippen LogP contribution in [0, 0.1) is 6.92 Å². The van der Waals surface area contributed by atoms with Crippen LogP contribution in [0.2, 0.25) is 0 Å². The number of carbonyl (C=O) groups excluding carboxylic acids is 3. The second-order valence-corrected chi connectivity index (χ2v) is 7.10. The van der Waals surface area contributed by atoms with Gasteiger partial charge in [0.15, 0.2) is 0 Å². The van der Waals surface area contributed by atoms with Gasteiger partial charge >= 0.3 is 6.03 Å². The third kappa shape index (κ3) is 6.43. The second kappa shape index (κ2) is 10.1. The van der Waals surface area contributed by atoms with Crippen molar-refractivity contribution in [2.24, 2.45) is 0 Å². The number of nitrogens with one attached hydrogen (secondary N) is 3. The number of likely N-dealkylation sites (N-methyl/N-ethyl adjacent to an activating group) is 1. The minimum atomic E-state index is -0.379. The number of para-hydroxylation sites is 1. The first-order chi connectivity index (χ1) is 14.9. The van der Waals surface area contributed by atoms with Gasteiger partial charge < -0.3 is 20.9 Å². The lowest BCUT2D eigenvalue weighted by molar-refractivity contribution is -0.116. The predicted octanol–water partition coefficient (Wildman–Crippen LogP) is 4.35. The topological polar surface area (TPSA) is 90.5 Å². The van der Waals surface area contributed by atoms with E-state index in [1.54, 1.807) is 43.4 Å². The molecule has 0 fully saturated rings. The van der Waals surface area contributed by atoms with E-state index in [4.69, 9.17) is 0 Å². The minimum absolute atomic E-state index is 0.0772. The van der Waals surface area contributed by atoms with E-state index >= 15 is 0 Å². The number of anilines is 3. The zero-order chi connectivity index (χ0) is 22.2. The molecule has 0 saturated heterocycles. The zero-order valence-electron chi connectivity index (χ0n) is 17.4. The van der Waals surface area contributed by atoms with Gasteiger partial charge in [-0.3, -0.25) is 9.59 Å². The molecule has 0 saturated carbocycles. The van der Waals surface area contributed by atoms with Gasteiger partial charge in [-0.05, 0) is 55.5 Å². The lowest BCUT2D eigenvalue weighted by Gasteiger charge is -2.17. The average molecular weight is 416 g/mol. The van der Waals surface area contributed by atoms with Crippen LogP contribution in [-0.4, -0.2) is 36.3 Å². The Labute approximate surface area is 181 Å². The summed E-state index contributed by atoms with van der Waals surface area (Å²) in [5.41, 5.74) is 3.42. The van der Waals surface area contributed by atoms with Crippen LogP contribution in [0.15, 0.2) is 78.9 Å². The Morgan fingerprint density at radius 2 is 1.23 bits per heavy atom. The lowest BCUT2D eigenvalue weighted by Crippen LogP contribution is -2.34. The Hall–Kier alpha value is -4.13. The molecule has 7 nitrogen and oxygen atoms in total. The lowest BCUT2D eigenvalue weighted by atomic mass is 10.2. The SMILES string of the molecule is Cc1ccc(NC(=O)CN(C)C(=O)c2ccc(NC(=O)Nc3ccccc3)cc2)cc1. The quantitative estimate of drug-likeness (QED) is 0.558. The molecule has 0 aliphatic rings. The first-order valence-corrected chi connectivity index (χ1v) is 9.76. The molecule has 0 radical (unpaired) electrons. The van der Waals surface area contributed by atoms with Gasteiger partial charge in [-0.1, -0.05) is 35.9 Å². The number of nitrogens with zero attached hydrogens (tertiary/aromatic N) is 1. The monoisotopic (exact) mass is 416 g/mol. The summed E-state index contributed by atoms with van der Waals surface area (Å²) >= 11 is 0. The number of hydrogen-bond donors (Lipinski definition) is 3. The predicted molar refractivity (Wildman–Crippen MR) is 122 cm³/mol. The van der Waals surface area contributed by atoms with Crippen LogP contribution in [0.5, 0.6) is 0 Å². The number of amides is 4. The van der Waals surface area contributed by atoms with E-state index in [1.165, 1.54) is 4.90 Å². The largest absolute Gasteiger partial charge is 0.332 e. The molecule has 158 valence electrons. The number of aryl methyl sites for hydroxylation is 1. The summed E-state index contributed by atoms with van der Waals surface area (Å²) in [4.78, 5) is 38.2. The van der Waals surface area contributed by atoms with Gasteiger partial charge in [-0.15, -0.1) is 0 Å². The van der Waals surface area contributed by atoms with E-state index in [9.17, 15) is 14.4 Å². The molecule has 3 aromatic carbocycles. The van der Waals surface area contributed by atoms with Crippen molar-refractivity contribution in [2.75, 3.05) is 29.5 Å². The Balaban J connectivity index is 1.52. The van der Waals surface area contributed by atoms with E-state index in [0.29, 0.717) is 22.6 Å². The van der Waals surface area contributed by atoms with Gasteiger partial charge in [-0.2, -0.15) is 0 Å². The maximum atomic E-state index is 12.6. The first kappa shape index (κ1) is 21.6. The van der Waals surface area contributed by atoms with Crippen molar-refractivity contribution in [3.8, 4) is 0 Å². The number of carbonyl (C=O) groups is 3. The zero-order valence-corrected chi connectivity index (χ0v) is 17.4. The number of hydrogen-bond acceptors (Lipinski definition) is 3. The highest BCUT2D eigenvalue weighted by Crippen LogP contribution is 2.13. The summed E-state index contributed by atoms with van der Waals surface area (Å²) in [6.45, 7) is 1.89. The Bertz CT molecular complexity index is 1050. The summed E-state index contributed by atoms with van der Waals surface area (Å²) in [6.07, 6.45) is 0. The van der Waals surface area contributed by atoms with Crippen molar-refractivity contribution >= 4 is 34.9 Å². The van der Waals surface area contributed by atoms with Gasteiger partial charge in [0.05, 0.1) is 6.54 Å². The van der Waals surface area contributed by atoms with Crippen LogP contribution in [0.1, 0.15) is 15.9 Å². The standard InChI is InChI=1S/C24H24N4O3/c1-17-8-12-20(13-9-17)25-22(29)16-28(2)23(30)18-10-14-21(15-11-18)27-24(31)26-19-6-4-3-5-7-19/h3-15H,16H2,1-2H3,(H,25,29)(H2,26,27,31). The summed E-state index contributed by atoms with van der Waals surface area (Å²) in [6, 6.07) is 22.6. The molecular weight excluding hydrogens is 392 g/mol. The highest BCUT2D eigenvalue weighted by molar-refractivity contribution is 6.01. The van der Waals surface area contributed by atoms with Crippen molar-refractivity contribution < 1.29 is 14.4 Å². The number of rotatable bonds is 6.